The van der Waals surface area contributed by atoms with E-state index in [1.54, 1.807) is 13.2 Å². The van der Waals surface area contributed by atoms with Gasteiger partial charge in [0.25, 0.3) is 0 Å². The molecule has 0 saturated heterocycles. The van der Waals surface area contributed by atoms with Crippen molar-refractivity contribution in [3.8, 4) is 5.75 Å². The second-order valence-corrected chi connectivity index (χ2v) is 2.90. The molecule has 0 atom stereocenters. The summed E-state index contributed by atoms with van der Waals surface area (Å²) in [6.07, 6.45) is 0.808. The van der Waals surface area contributed by atoms with Crippen molar-refractivity contribution in [1.82, 2.24) is 0 Å². The van der Waals surface area contributed by atoms with E-state index in [0.29, 0.717) is 6.54 Å². The van der Waals surface area contributed by atoms with E-state index in [2.05, 4.69) is 0 Å². The summed E-state index contributed by atoms with van der Waals surface area (Å²) in [4.78, 5) is 0. The Kier molecular flexibility index (Phi) is 3.38. The van der Waals surface area contributed by atoms with E-state index in [9.17, 15) is 0 Å². The quantitative estimate of drug-likeness (QED) is 0.780. The fraction of sp³-hybridized carbons (Fsp3) is 0.333. The Hall–Kier alpha value is -0.730. The maximum Gasteiger partial charge on any atom is 0.120 e. The smallest absolute Gasteiger partial charge is 0.120 e. The zero-order chi connectivity index (χ0) is 8.97. The summed E-state index contributed by atoms with van der Waals surface area (Å²) in [7, 11) is 1.62. The minimum Gasteiger partial charge on any atom is -0.497 e. The van der Waals surface area contributed by atoms with E-state index in [0.717, 1.165) is 22.8 Å². The lowest BCUT2D eigenvalue weighted by atomic mass is 10.1. The first-order chi connectivity index (χ1) is 5.77. The van der Waals surface area contributed by atoms with Gasteiger partial charge >= 0.3 is 0 Å². The number of benzene rings is 1. The van der Waals surface area contributed by atoms with Gasteiger partial charge in [-0.25, -0.2) is 0 Å². The molecule has 0 saturated carbocycles. The first-order valence-electron chi connectivity index (χ1n) is 3.80. The zero-order valence-electron chi connectivity index (χ0n) is 7.01. The molecule has 0 radical (unpaired) electrons. The number of halogens is 1. The summed E-state index contributed by atoms with van der Waals surface area (Å²) in [5, 5.41) is 0.722. The third-order valence-corrected chi connectivity index (χ3v) is 2.03. The molecule has 0 unspecified atom stereocenters. The second kappa shape index (κ2) is 4.33. The molecule has 12 heavy (non-hydrogen) atoms. The van der Waals surface area contributed by atoms with Crippen molar-refractivity contribution >= 4 is 11.6 Å². The summed E-state index contributed by atoms with van der Waals surface area (Å²) in [6, 6.07) is 5.62. The molecule has 1 aromatic carbocycles. The van der Waals surface area contributed by atoms with Crippen LogP contribution < -0.4 is 10.5 Å². The van der Waals surface area contributed by atoms with Gasteiger partial charge < -0.3 is 10.5 Å². The molecule has 0 aliphatic rings. The molecular formula is C9H12ClNO. The lowest BCUT2D eigenvalue weighted by molar-refractivity contribution is 0.414. The number of ether oxygens (including phenoxy) is 1. The Morgan fingerprint density at radius 1 is 1.50 bits per heavy atom. The Labute approximate surface area is 77.3 Å². The van der Waals surface area contributed by atoms with Gasteiger partial charge in [0.1, 0.15) is 5.75 Å². The molecule has 1 aromatic rings. The molecule has 0 bridgehead atoms. The molecule has 0 fully saturated rings. The molecule has 3 heteroatoms. The highest BCUT2D eigenvalue weighted by molar-refractivity contribution is 6.31. The molecule has 2 N–H and O–H groups in total. The van der Waals surface area contributed by atoms with Crippen LogP contribution >= 0.6 is 11.6 Å². The Morgan fingerprint density at radius 2 is 2.25 bits per heavy atom. The third-order valence-electron chi connectivity index (χ3n) is 1.67. The van der Waals surface area contributed by atoms with Gasteiger partial charge in [-0.15, -0.1) is 0 Å². The molecule has 2 nitrogen and oxygen atoms in total. The maximum absolute atomic E-state index is 5.95. The van der Waals surface area contributed by atoms with Crippen LogP contribution in [0.25, 0.3) is 0 Å². The number of rotatable bonds is 3. The van der Waals surface area contributed by atoms with Crippen LogP contribution in [0.2, 0.25) is 5.02 Å². The first-order valence-corrected chi connectivity index (χ1v) is 4.18. The van der Waals surface area contributed by atoms with Crippen molar-refractivity contribution in [2.45, 2.75) is 6.42 Å². The van der Waals surface area contributed by atoms with E-state index in [1.165, 1.54) is 0 Å². The zero-order valence-corrected chi connectivity index (χ0v) is 7.77. The highest BCUT2D eigenvalue weighted by atomic mass is 35.5. The average molecular weight is 186 g/mol. The van der Waals surface area contributed by atoms with Crippen LogP contribution in [0, 0.1) is 0 Å². The summed E-state index contributed by atoms with van der Waals surface area (Å²) >= 11 is 5.95. The van der Waals surface area contributed by atoms with Gasteiger partial charge in [0.2, 0.25) is 0 Å². The second-order valence-electron chi connectivity index (χ2n) is 2.50. The first kappa shape index (κ1) is 9.36. The molecule has 0 aliphatic heterocycles. The Morgan fingerprint density at radius 3 is 2.75 bits per heavy atom. The standard InChI is InChI=1S/C9H12ClNO/c1-12-8-3-2-7(4-5-11)9(10)6-8/h2-3,6H,4-5,11H2,1H3. The minimum absolute atomic E-state index is 0.617. The molecule has 0 aliphatic carbocycles. The van der Waals surface area contributed by atoms with Crippen molar-refractivity contribution < 1.29 is 4.74 Å². The van der Waals surface area contributed by atoms with Crippen molar-refractivity contribution in [3.05, 3.63) is 28.8 Å². The van der Waals surface area contributed by atoms with Crippen molar-refractivity contribution in [1.29, 1.82) is 0 Å². The summed E-state index contributed by atoms with van der Waals surface area (Å²) in [5.74, 6) is 0.778. The predicted octanol–water partition coefficient (Wildman–Crippen LogP) is 1.85. The van der Waals surface area contributed by atoms with Gasteiger partial charge in [0, 0.05) is 5.02 Å². The summed E-state index contributed by atoms with van der Waals surface area (Å²) < 4.78 is 5.01. The lowest BCUT2D eigenvalue weighted by Crippen LogP contribution is -2.03. The van der Waals surface area contributed by atoms with Crippen LogP contribution in [0.4, 0.5) is 0 Å². The number of hydrogen-bond donors (Lipinski definition) is 1. The van der Waals surface area contributed by atoms with Crippen molar-refractivity contribution in [3.63, 3.8) is 0 Å². The fourth-order valence-corrected chi connectivity index (χ4v) is 1.28. The van der Waals surface area contributed by atoms with E-state index in [1.807, 2.05) is 12.1 Å². The van der Waals surface area contributed by atoms with Gasteiger partial charge in [-0.2, -0.15) is 0 Å². The Bertz CT molecular complexity index is 263. The molecule has 0 aromatic heterocycles. The van der Waals surface area contributed by atoms with E-state index in [4.69, 9.17) is 22.1 Å². The molecule has 0 spiro atoms. The van der Waals surface area contributed by atoms with E-state index in [-0.39, 0.29) is 0 Å². The largest absolute Gasteiger partial charge is 0.497 e. The van der Waals surface area contributed by atoms with Gasteiger partial charge in [-0.3, -0.25) is 0 Å². The molecular weight excluding hydrogens is 174 g/mol. The predicted molar refractivity (Wildman–Crippen MR) is 50.8 cm³/mol. The average Bonchev–Trinajstić information content (AvgIpc) is 2.09. The Balaban J connectivity index is 2.87. The van der Waals surface area contributed by atoms with Crippen LogP contribution in [0.15, 0.2) is 18.2 Å². The molecule has 0 heterocycles. The number of hydrogen-bond acceptors (Lipinski definition) is 2. The monoisotopic (exact) mass is 185 g/mol. The van der Waals surface area contributed by atoms with Crippen LogP contribution in [-0.2, 0) is 6.42 Å². The highest BCUT2D eigenvalue weighted by Gasteiger charge is 2.00. The summed E-state index contributed by atoms with van der Waals surface area (Å²) in [5.41, 5.74) is 6.48. The third kappa shape index (κ3) is 2.13. The lowest BCUT2D eigenvalue weighted by Gasteiger charge is -2.04. The molecule has 66 valence electrons. The SMILES string of the molecule is COc1ccc(CCN)c(Cl)c1. The topological polar surface area (TPSA) is 35.2 Å². The van der Waals surface area contributed by atoms with Gasteiger partial charge in [-0.1, -0.05) is 17.7 Å². The maximum atomic E-state index is 5.95. The van der Waals surface area contributed by atoms with Crippen LogP contribution in [0.3, 0.4) is 0 Å². The highest BCUT2D eigenvalue weighted by Crippen LogP contribution is 2.22. The normalized spacial score (nSPS) is 9.92. The van der Waals surface area contributed by atoms with E-state index < -0.39 is 0 Å². The van der Waals surface area contributed by atoms with Crippen LogP contribution in [-0.4, -0.2) is 13.7 Å². The number of methoxy groups -OCH3 is 1. The fourth-order valence-electron chi connectivity index (χ4n) is 1.01. The minimum atomic E-state index is 0.617. The van der Waals surface area contributed by atoms with Crippen LogP contribution in [0.5, 0.6) is 5.75 Å². The van der Waals surface area contributed by atoms with Crippen molar-refractivity contribution in [2.75, 3.05) is 13.7 Å². The molecule has 0 amide bonds. The van der Waals surface area contributed by atoms with Crippen LogP contribution in [0.1, 0.15) is 5.56 Å². The van der Waals surface area contributed by atoms with Gasteiger partial charge in [-0.05, 0) is 30.7 Å². The van der Waals surface area contributed by atoms with Gasteiger partial charge in [0.15, 0.2) is 0 Å². The summed E-state index contributed by atoms with van der Waals surface area (Å²) in [6.45, 7) is 0.617. The molecule has 1 rings (SSSR count). The number of nitrogens with two attached hydrogens (primary N) is 1. The van der Waals surface area contributed by atoms with Crippen molar-refractivity contribution in [2.24, 2.45) is 5.73 Å². The van der Waals surface area contributed by atoms with E-state index >= 15 is 0 Å². The van der Waals surface area contributed by atoms with Gasteiger partial charge in [0.05, 0.1) is 7.11 Å².